The largest absolute Gasteiger partial charge is 0.458 e. The van der Waals surface area contributed by atoms with Crippen LogP contribution in [0.2, 0.25) is 0 Å². The molecular weight excluding hydrogens is 927 g/mol. The Kier molecular flexibility index (Phi) is 23.3. The van der Waals surface area contributed by atoms with Crippen molar-refractivity contribution in [1.29, 1.82) is 0 Å². The molecule has 1 aliphatic heterocycles. The molecule has 2 unspecified atom stereocenters. The van der Waals surface area contributed by atoms with Gasteiger partial charge in [0, 0.05) is 48.0 Å². The minimum absolute atomic E-state index is 0.0591. The van der Waals surface area contributed by atoms with Gasteiger partial charge < -0.3 is 60.0 Å². The minimum atomic E-state index is -1.86. The van der Waals surface area contributed by atoms with Crippen LogP contribution in [0, 0.1) is 17.8 Å². The first-order valence-electron chi connectivity index (χ1n) is 23.6. The van der Waals surface area contributed by atoms with Crippen molar-refractivity contribution in [3.8, 4) is 0 Å². The van der Waals surface area contributed by atoms with E-state index in [2.05, 4.69) is 27.8 Å². The number of aliphatic hydroxyl groups is 1. The number of benzene rings is 1. The molecule has 396 valence electrons. The van der Waals surface area contributed by atoms with Gasteiger partial charge in [-0.3, -0.25) is 33.6 Å². The first-order valence-corrected chi connectivity index (χ1v) is 23.6. The molecule has 0 aromatic heterocycles. The zero-order valence-electron chi connectivity index (χ0n) is 43.6. The number of cyclic esters (lactones) is 2. The summed E-state index contributed by atoms with van der Waals surface area (Å²) >= 11 is 0. The molecule has 0 aliphatic carbocycles. The molecule has 0 spiro atoms. The first kappa shape index (κ1) is 60.7. The van der Waals surface area contributed by atoms with Crippen molar-refractivity contribution in [3.63, 3.8) is 0 Å². The number of methoxy groups -OCH3 is 1. The lowest BCUT2D eigenvalue weighted by Crippen LogP contribution is -2.64. The van der Waals surface area contributed by atoms with Gasteiger partial charge in [-0.25, -0.2) is 14.4 Å². The van der Waals surface area contributed by atoms with Gasteiger partial charge >= 0.3 is 17.9 Å². The lowest BCUT2D eigenvalue weighted by Gasteiger charge is -2.39. The number of ether oxygens (including phenoxy) is 4. The second kappa shape index (κ2) is 27.3. The van der Waals surface area contributed by atoms with Crippen molar-refractivity contribution in [2.75, 3.05) is 28.3 Å². The Morgan fingerprint density at radius 3 is 1.93 bits per heavy atom. The summed E-state index contributed by atoms with van der Waals surface area (Å²) < 4.78 is 23.4. The molecule has 0 bridgehead atoms. The van der Waals surface area contributed by atoms with Crippen molar-refractivity contribution in [3.05, 3.63) is 48.2 Å². The van der Waals surface area contributed by atoms with E-state index in [0.29, 0.717) is 5.56 Å². The Morgan fingerprint density at radius 1 is 0.831 bits per heavy atom. The quantitative estimate of drug-likeness (QED) is 0.0957. The Hall–Kier alpha value is -6.42. The molecule has 1 aliphatic rings. The maximum Gasteiger partial charge on any atom is 0.333 e. The van der Waals surface area contributed by atoms with Crippen molar-refractivity contribution in [1.82, 2.24) is 36.0 Å². The summed E-state index contributed by atoms with van der Waals surface area (Å²) in [6, 6.07) is -1.31. The van der Waals surface area contributed by atoms with Crippen LogP contribution < -0.4 is 21.3 Å². The summed E-state index contributed by atoms with van der Waals surface area (Å²) in [5, 5.41) is 21.0. The van der Waals surface area contributed by atoms with E-state index in [0.717, 1.165) is 21.6 Å². The lowest BCUT2D eigenvalue weighted by molar-refractivity contribution is -0.177. The number of nitrogens with zero attached hydrogens (tertiary/aromatic N) is 3. The van der Waals surface area contributed by atoms with Crippen molar-refractivity contribution in [2.45, 2.75) is 156 Å². The van der Waals surface area contributed by atoms with Gasteiger partial charge in [-0.05, 0) is 44.1 Å². The SMILES string of the molecule is C=C1C(=O)N[C@@H](C)C(=O)N(C)[C@@H](C)C(=O)NC([C@@H](OC(=O)[C@@H](NC(=O)CC)[C@H](O)C(C)C)C(C)C)C(=O)N(C)[C@@H]([C@H](C)OC)C(=O)OC(C(C)C)[C@H](NC(C)=O)C(=O)O[C@H](Cc2ccccc2)C(=O)N1C. The fourth-order valence-electron chi connectivity index (χ4n) is 7.47. The molecule has 1 fully saturated rings. The maximum absolute atomic E-state index is 15.1. The van der Waals surface area contributed by atoms with Crippen LogP contribution in [0.5, 0.6) is 0 Å². The summed E-state index contributed by atoms with van der Waals surface area (Å²) in [4.78, 5) is 142. The summed E-state index contributed by atoms with van der Waals surface area (Å²) in [5.41, 5.74) is 0.0576. The van der Waals surface area contributed by atoms with Gasteiger partial charge in [-0.1, -0.05) is 85.4 Å². The predicted molar refractivity (Wildman–Crippen MR) is 257 cm³/mol. The fourth-order valence-corrected chi connectivity index (χ4v) is 7.47. The van der Waals surface area contributed by atoms with Crippen LogP contribution in [0.1, 0.15) is 88.1 Å². The molecule has 2 rings (SSSR count). The normalized spacial score (nSPS) is 24.7. The standard InChI is InChI=1S/C49H75N7O15/c1-17-34(58)52-35(39(59)24(2)3)47(65)70-40(25(4)5)36-46(64)56(15)38(30(11)68-16)49(67)71-41(26(6)7)37(51-31(12)57)48(66)69-33(23-32-21-19-18-20-22-32)45(63)55(14)28(9)42(60)50-27(8)44(62)54(13)29(10)43(61)53-36/h18-22,24-27,29-30,33,35-41,59H,9,17,23H2,1-8,10-16H3,(H,50,60)(H,51,57)(H,52,58)(H,53,61)/t27-,29-,30-,33+,35-,36?,37-,38-,39+,40-,41?/m0/s1. The summed E-state index contributed by atoms with van der Waals surface area (Å²) in [6.07, 6.45) is -7.75. The number of hydrogen-bond acceptors (Lipinski definition) is 15. The highest BCUT2D eigenvalue weighted by Crippen LogP contribution is 2.23. The zero-order chi connectivity index (χ0) is 54.3. The predicted octanol–water partition coefficient (Wildman–Crippen LogP) is 0.377. The Bertz CT molecular complexity index is 2100. The summed E-state index contributed by atoms with van der Waals surface area (Å²) in [6.45, 7) is 19.9. The summed E-state index contributed by atoms with van der Waals surface area (Å²) in [7, 11) is 4.88. The number of likely N-dealkylation sites (N-methyl/N-ethyl adjacent to an activating group) is 3. The van der Waals surface area contributed by atoms with Gasteiger partial charge in [-0.15, -0.1) is 0 Å². The van der Waals surface area contributed by atoms with Gasteiger partial charge in [0.2, 0.25) is 29.5 Å². The highest BCUT2D eigenvalue weighted by molar-refractivity contribution is 6.01. The van der Waals surface area contributed by atoms with Crippen molar-refractivity contribution < 1.29 is 72.0 Å². The Morgan fingerprint density at radius 2 is 1.42 bits per heavy atom. The number of aliphatic hydroxyl groups excluding tert-OH is 1. The van der Waals surface area contributed by atoms with Crippen LogP contribution in [0.4, 0.5) is 0 Å². The molecule has 1 heterocycles. The average molecular weight is 1000 g/mol. The van der Waals surface area contributed by atoms with Gasteiger partial charge in [0.15, 0.2) is 24.2 Å². The zero-order valence-corrected chi connectivity index (χ0v) is 43.6. The second-order valence-corrected chi connectivity index (χ2v) is 18.7. The third kappa shape index (κ3) is 16.3. The number of carbonyl (C=O) groups excluding carboxylic acids is 10. The number of nitrogens with one attached hydrogen (secondary N) is 4. The smallest absolute Gasteiger partial charge is 0.333 e. The van der Waals surface area contributed by atoms with E-state index in [1.807, 2.05) is 0 Å². The van der Waals surface area contributed by atoms with E-state index in [1.54, 1.807) is 71.9 Å². The molecule has 5 N–H and O–H groups in total. The summed E-state index contributed by atoms with van der Waals surface area (Å²) in [5.74, 6) is -11.8. The number of carbonyl (C=O) groups is 10. The highest BCUT2D eigenvalue weighted by Gasteiger charge is 2.47. The molecule has 7 amide bonds. The molecule has 1 aromatic rings. The maximum atomic E-state index is 15.1. The topological polar surface area (TPSA) is 286 Å². The minimum Gasteiger partial charge on any atom is -0.458 e. The lowest BCUT2D eigenvalue weighted by atomic mass is 9.95. The van der Waals surface area contributed by atoms with E-state index in [9.17, 15) is 48.3 Å². The van der Waals surface area contributed by atoms with E-state index in [-0.39, 0.29) is 12.8 Å². The van der Waals surface area contributed by atoms with E-state index < -0.39 is 149 Å². The van der Waals surface area contributed by atoms with Gasteiger partial charge in [0.05, 0.1) is 12.2 Å². The molecule has 22 heteroatoms. The van der Waals surface area contributed by atoms with Crippen LogP contribution >= 0.6 is 0 Å². The van der Waals surface area contributed by atoms with Gasteiger partial charge in [-0.2, -0.15) is 0 Å². The van der Waals surface area contributed by atoms with Gasteiger partial charge in [0.25, 0.3) is 11.8 Å². The molecule has 0 saturated carbocycles. The molecule has 0 radical (unpaired) electrons. The van der Waals surface area contributed by atoms with E-state index >= 15 is 4.79 Å². The fraction of sp³-hybridized carbons (Fsp3) is 0.633. The third-order valence-electron chi connectivity index (χ3n) is 12.2. The van der Waals surface area contributed by atoms with E-state index in [1.165, 1.54) is 55.9 Å². The van der Waals surface area contributed by atoms with Crippen LogP contribution in [-0.2, 0) is 73.3 Å². The van der Waals surface area contributed by atoms with Crippen LogP contribution in [0.15, 0.2) is 42.6 Å². The number of amides is 7. The molecule has 22 nitrogen and oxygen atoms in total. The molecule has 1 saturated heterocycles. The van der Waals surface area contributed by atoms with Crippen molar-refractivity contribution in [2.24, 2.45) is 17.8 Å². The third-order valence-corrected chi connectivity index (χ3v) is 12.2. The van der Waals surface area contributed by atoms with E-state index in [4.69, 9.17) is 18.9 Å². The molecule has 11 atom stereocenters. The molecular formula is C49H75N7O15. The van der Waals surface area contributed by atoms with Crippen LogP contribution in [0.25, 0.3) is 0 Å². The molecule has 71 heavy (non-hydrogen) atoms. The average Bonchev–Trinajstić information content (AvgIpc) is 3.32. The van der Waals surface area contributed by atoms with Crippen molar-refractivity contribution >= 4 is 59.3 Å². The van der Waals surface area contributed by atoms with Crippen LogP contribution in [0.3, 0.4) is 0 Å². The Balaban J connectivity index is 2.97. The molecule has 1 aromatic carbocycles. The number of rotatable bonds is 14. The Labute approximate surface area is 416 Å². The monoisotopic (exact) mass is 1000 g/mol. The second-order valence-electron chi connectivity index (χ2n) is 18.7. The number of esters is 3. The number of hydrogen-bond donors (Lipinski definition) is 5. The van der Waals surface area contributed by atoms with Gasteiger partial charge in [0.1, 0.15) is 36.0 Å². The first-order chi connectivity index (χ1) is 33.0. The van der Waals surface area contributed by atoms with Crippen LogP contribution in [-0.4, -0.2) is 174 Å². The highest BCUT2D eigenvalue weighted by atomic mass is 16.6.